The summed E-state index contributed by atoms with van der Waals surface area (Å²) >= 11 is 0. The van der Waals surface area contributed by atoms with Gasteiger partial charge in [0, 0.05) is 0 Å². The predicted octanol–water partition coefficient (Wildman–Crippen LogP) is 2.74. The lowest BCUT2D eigenvalue weighted by Gasteiger charge is -2.32. The van der Waals surface area contributed by atoms with Gasteiger partial charge in [0.1, 0.15) is 0 Å². The van der Waals surface area contributed by atoms with Gasteiger partial charge in [-0.3, -0.25) is 0 Å². The Morgan fingerprint density at radius 1 is 1.12 bits per heavy atom. The van der Waals surface area contributed by atoms with Crippen molar-refractivity contribution in [1.82, 2.24) is 0 Å². The Hall–Kier alpha value is -0.315. The highest BCUT2D eigenvalue weighted by molar-refractivity contribution is 6.54. The van der Waals surface area contributed by atoms with Crippen LogP contribution in [0.1, 0.15) is 48.0 Å². The van der Waals surface area contributed by atoms with Crippen molar-refractivity contribution in [2.24, 2.45) is 0 Å². The van der Waals surface area contributed by atoms with Gasteiger partial charge >= 0.3 is 7.12 Å². The zero-order valence-electron chi connectivity index (χ0n) is 11.7. The first kappa shape index (κ1) is 13.1. The second-order valence-corrected chi connectivity index (χ2v) is 6.19. The number of rotatable bonds is 1. The van der Waals surface area contributed by atoms with Gasteiger partial charge in [0.25, 0.3) is 0 Å². The van der Waals surface area contributed by atoms with E-state index in [0.29, 0.717) is 0 Å². The first-order chi connectivity index (χ1) is 7.71. The van der Waals surface area contributed by atoms with Crippen molar-refractivity contribution < 1.29 is 14.0 Å². The summed E-state index contributed by atoms with van der Waals surface area (Å²) in [4.78, 5) is 0. The van der Waals surface area contributed by atoms with Crippen molar-refractivity contribution in [3.63, 3.8) is 0 Å². The van der Waals surface area contributed by atoms with Crippen LogP contribution in [0.3, 0.4) is 0 Å². The SMILES string of the molecule is C[C@H]1C=C(B2OC(C)(C)C(C)(C)O2)C[C@H](C)O1. The van der Waals surface area contributed by atoms with Crippen molar-refractivity contribution in [3.05, 3.63) is 11.5 Å². The lowest BCUT2D eigenvalue weighted by atomic mass is 9.73. The molecular formula is C13H23BO3. The van der Waals surface area contributed by atoms with E-state index < -0.39 is 0 Å². The molecule has 0 bridgehead atoms. The van der Waals surface area contributed by atoms with Crippen molar-refractivity contribution in [2.75, 3.05) is 0 Å². The molecule has 1 fully saturated rings. The Kier molecular flexibility index (Phi) is 3.17. The third-order valence-corrected chi connectivity index (χ3v) is 3.97. The maximum atomic E-state index is 6.05. The predicted molar refractivity (Wildman–Crippen MR) is 68.8 cm³/mol. The molecule has 1 saturated heterocycles. The fourth-order valence-corrected chi connectivity index (χ4v) is 2.32. The first-order valence-corrected chi connectivity index (χ1v) is 6.43. The number of hydrogen-bond acceptors (Lipinski definition) is 3. The maximum Gasteiger partial charge on any atom is 0.490 e. The molecule has 2 atom stereocenters. The topological polar surface area (TPSA) is 27.7 Å². The van der Waals surface area contributed by atoms with Gasteiger partial charge in [-0.05, 0) is 53.4 Å². The average Bonchev–Trinajstić information content (AvgIpc) is 2.34. The standard InChI is InChI=1S/C13H23BO3/c1-9-7-11(8-10(2)15-9)14-16-12(3,4)13(5,6)17-14/h7,9-10H,8H2,1-6H3/t9-,10-/m0/s1. The summed E-state index contributed by atoms with van der Waals surface area (Å²) in [6, 6.07) is 0. The molecule has 2 aliphatic heterocycles. The molecule has 0 aromatic rings. The molecule has 2 aliphatic rings. The van der Waals surface area contributed by atoms with Gasteiger partial charge in [-0.25, -0.2) is 0 Å². The molecule has 0 unspecified atom stereocenters. The lowest BCUT2D eigenvalue weighted by molar-refractivity contribution is 0.00578. The third kappa shape index (κ3) is 2.44. The Morgan fingerprint density at radius 3 is 2.12 bits per heavy atom. The van der Waals surface area contributed by atoms with E-state index in [1.165, 1.54) is 5.47 Å². The van der Waals surface area contributed by atoms with Crippen LogP contribution in [0.2, 0.25) is 0 Å². The van der Waals surface area contributed by atoms with Crippen LogP contribution in [0.5, 0.6) is 0 Å². The summed E-state index contributed by atoms with van der Waals surface area (Å²) in [6.45, 7) is 12.5. The number of hydrogen-bond donors (Lipinski definition) is 0. The highest BCUT2D eigenvalue weighted by Crippen LogP contribution is 2.40. The molecule has 0 aromatic heterocycles. The quantitative estimate of drug-likeness (QED) is 0.657. The molecule has 0 aliphatic carbocycles. The summed E-state index contributed by atoms with van der Waals surface area (Å²) in [7, 11) is -0.214. The van der Waals surface area contributed by atoms with E-state index in [2.05, 4.69) is 47.6 Å². The van der Waals surface area contributed by atoms with Crippen molar-refractivity contribution in [3.8, 4) is 0 Å². The van der Waals surface area contributed by atoms with Crippen LogP contribution in [-0.2, 0) is 14.0 Å². The lowest BCUT2D eigenvalue weighted by Crippen LogP contribution is -2.41. The zero-order chi connectivity index (χ0) is 12.8. The fourth-order valence-electron chi connectivity index (χ4n) is 2.32. The first-order valence-electron chi connectivity index (χ1n) is 6.43. The highest BCUT2D eigenvalue weighted by Gasteiger charge is 2.52. The Labute approximate surface area is 105 Å². The summed E-state index contributed by atoms with van der Waals surface area (Å²) in [5.41, 5.74) is 0.696. The fraction of sp³-hybridized carbons (Fsp3) is 0.846. The van der Waals surface area contributed by atoms with Gasteiger partial charge < -0.3 is 14.0 Å². The minimum atomic E-state index is -0.261. The minimum Gasteiger partial charge on any atom is -0.400 e. The van der Waals surface area contributed by atoms with Crippen LogP contribution < -0.4 is 0 Å². The van der Waals surface area contributed by atoms with Crippen LogP contribution in [0.15, 0.2) is 11.5 Å². The second-order valence-electron chi connectivity index (χ2n) is 6.19. The largest absolute Gasteiger partial charge is 0.490 e. The molecule has 17 heavy (non-hydrogen) atoms. The monoisotopic (exact) mass is 238 g/mol. The van der Waals surface area contributed by atoms with Crippen LogP contribution >= 0.6 is 0 Å². The Morgan fingerprint density at radius 2 is 1.65 bits per heavy atom. The summed E-state index contributed by atoms with van der Waals surface area (Å²) in [5.74, 6) is 0. The molecule has 0 N–H and O–H groups in total. The van der Waals surface area contributed by atoms with E-state index in [4.69, 9.17) is 14.0 Å². The van der Waals surface area contributed by atoms with E-state index in [0.717, 1.165) is 6.42 Å². The van der Waals surface area contributed by atoms with Gasteiger partial charge in [0.15, 0.2) is 0 Å². The molecule has 0 spiro atoms. The maximum absolute atomic E-state index is 6.05. The molecule has 4 heteroatoms. The highest BCUT2D eigenvalue weighted by atomic mass is 16.7. The summed E-state index contributed by atoms with van der Waals surface area (Å²) < 4.78 is 17.8. The number of ether oxygens (including phenoxy) is 1. The molecule has 0 radical (unpaired) electrons. The molecule has 0 saturated carbocycles. The molecule has 0 aromatic carbocycles. The van der Waals surface area contributed by atoms with Gasteiger partial charge in [-0.15, -0.1) is 0 Å². The van der Waals surface area contributed by atoms with Gasteiger partial charge in [0.05, 0.1) is 23.4 Å². The third-order valence-electron chi connectivity index (χ3n) is 3.97. The molecule has 96 valence electrons. The van der Waals surface area contributed by atoms with Crippen LogP contribution in [0.4, 0.5) is 0 Å². The van der Waals surface area contributed by atoms with Crippen molar-refractivity contribution in [2.45, 2.75) is 71.4 Å². The van der Waals surface area contributed by atoms with E-state index in [9.17, 15) is 0 Å². The Balaban J connectivity index is 2.16. The van der Waals surface area contributed by atoms with Crippen LogP contribution in [-0.4, -0.2) is 30.5 Å². The molecule has 2 heterocycles. The minimum absolute atomic E-state index is 0.146. The van der Waals surface area contributed by atoms with Crippen LogP contribution in [0, 0.1) is 0 Å². The zero-order valence-corrected chi connectivity index (χ0v) is 11.7. The van der Waals surface area contributed by atoms with E-state index in [1.807, 2.05) is 0 Å². The normalized spacial score (nSPS) is 35.9. The van der Waals surface area contributed by atoms with Crippen molar-refractivity contribution in [1.29, 1.82) is 0 Å². The second kappa shape index (κ2) is 4.11. The van der Waals surface area contributed by atoms with Gasteiger partial charge in [-0.2, -0.15) is 0 Å². The molecular weight excluding hydrogens is 215 g/mol. The van der Waals surface area contributed by atoms with Crippen molar-refractivity contribution >= 4 is 7.12 Å². The summed E-state index contributed by atoms with van der Waals surface area (Å²) in [5, 5.41) is 0. The smallest absolute Gasteiger partial charge is 0.400 e. The summed E-state index contributed by atoms with van der Waals surface area (Å²) in [6.07, 6.45) is 3.40. The Bertz CT molecular complexity index is 320. The van der Waals surface area contributed by atoms with E-state index in [-0.39, 0.29) is 30.5 Å². The average molecular weight is 238 g/mol. The van der Waals surface area contributed by atoms with Crippen LogP contribution in [0.25, 0.3) is 0 Å². The molecule has 0 amide bonds. The van der Waals surface area contributed by atoms with Gasteiger partial charge in [0.2, 0.25) is 0 Å². The van der Waals surface area contributed by atoms with Gasteiger partial charge in [-0.1, -0.05) is 6.08 Å². The molecule has 3 nitrogen and oxygen atoms in total. The molecule has 2 rings (SSSR count). The van der Waals surface area contributed by atoms with E-state index in [1.54, 1.807) is 0 Å². The van der Waals surface area contributed by atoms with E-state index >= 15 is 0 Å².